The summed E-state index contributed by atoms with van der Waals surface area (Å²) in [4.78, 5) is 38.1. The van der Waals surface area contributed by atoms with Gasteiger partial charge in [-0.05, 0) is 29.4 Å². The monoisotopic (exact) mass is 524 g/mol. The fraction of sp³-hybridized carbons (Fsp3) is 0.560. The van der Waals surface area contributed by atoms with Gasteiger partial charge in [-0.15, -0.1) is 0 Å². The van der Waals surface area contributed by atoms with Gasteiger partial charge in [0, 0.05) is 25.5 Å². The number of rotatable bonds is 5. The third kappa shape index (κ3) is 9.74. The Labute approximate surface area is 215 Å². The molecular weight excluding hydrogens is 489 g/mol. The maximum Gasteiger partial charge on any atom is 0.471 e. The molecule has 0 saturated carbocycles. The Balaban J connectivity index is 0.000000327. The van der Waals surface area contributed by atoms with Crippen LogP contribution in [0.4, 0.5) is 13.2 Å². The summed E-state index contributed by atoms with van der Waals surface area (Å²) in [6.45, 7) is 12.9. The summed E-state index contributed by atoms with van der Waals surface area (Å²) < 4.78 is 37.5. The number of nitriles is 1. The molecule has 1 saturated heterocycles. The molecule has 2 atom stereocenters. The SMILES string of the molecule is CC(C)C.C[C@H]1CN(C(=O)CNC(=O)C(F)(F)F)CC1(C)C.N#CC(NC=O)c1cccc2nccn12. The lowest BCUT2D eigenvalue weighted by molar-refractivity contribution is -0.174. The number of aromatic nitrogens is 2. The summed E-state index contributed by atoms with van der Waals surface area (Å²) in [6, 6.07) is 6.77. The molecule has 1 unspecified atom stereocenters. The van der Waals surface area contributed by atoms with Gasteiger partial charge >= 0.3 is 12.1 Å². The largest absolute Gasteiger partial charge is 0.471 e. The molecule has 1 aliphatic heterocycles. The van der Waals surface area contributed by atoms with E-state index in [1.807, 2.05) is 32.9 Å². The maximum absolute atomic E-state index is 11.9. The standard InChI is InChI=1S/C11H17F3N2O2.C10H8N4O.C4H10/c1-7-5-16(6-10(7,2)3)8(17)4-15-9(18)11(12,13)14;11-6-8(13-7-15)9-2-1-3-10-12-4-5-14(9)10;1-4(2)3/h7H,4-6H2,1-3H3,(H,15,18);1-5,7-8H,(H,13,15);4H,1-3H3/t7-;;/m0../s1. The zero-order valence-corrected chi connectivity index (χ0v) is 22.0. The third-order valence-corrected chi connectivity index (χ3v) is 5.56. The van der Waals surface area contributed by atoms with Crippen molar-refractivity contribution in [2.75, 3.05) is 19.6 Å². The van der Waals surface area contributed by atoms with Crippen LogP contribution in [0.2, 0.25) is 0 Å². The minimum absolute atomic E-state index is 0.0519. The normalized spacial score (nSPS) is 17.0. The Morgan fingerprint density at radius 3 is 2.41 bits per heavy atom. The molecule has 2 N–H and O–H groups in total. The van der Waals surface area contributed by atoms with Crippen LogP contribution in [0.3, 0.4) is 0 Å². The van der Waals surface area contributed by atoms with Crippen LogP contribution >= 0.6 is 0 Å². The van der Waals surface area contributed by atoms with E-state index >= 15 is 0 Å². The first kappa shape index (κ1) is 31.4. The van der Waals surface area contributed by atoms with Crippen molar-refractivity contribution >= 4 is 23.9 Å². The van der Waals surface area contributed by atoms with Crippen LogP contribution in [0.15, 0.2) is 30.6 Å². The summed E-state index contributed by atoms with van der Waals surface area (Å²) in [5, 5.41) is 12.9. The molecule has 0 aromatic carbocycles. The van der Waals surface area contributed by atoms with E-state index in [-0.39, 0.29) is 11.3 Å². The fourth-order valence-electron chi connectivity index (χ4n) is 3.31. The van der Waals surface area contributed by atoms with E-state index in [9.17, 15) is 27.6 Å². The minimum Gasteiger partial charge on any atom is -0.340 e. The van der Waals surface area contributed by atoms with Crippen molar-refractivity contribution in [2.45, 2.75) is 53.8 Å². The average molecular weight is 525 g/mol. The van der Waals surface area contributed by atoms with Crippen LogP contribution in [0.5, 0.6) is 0 Å². The van der Waals surface area contributed by atoms with Crippen molar-refractivity contribution < 1.29 is 27.6 Å². The molecule has 2 aromatic heterocycles. The molecule has 12 heteroatoms. The highest BCUT2D eigenvalue weighted by molar-refractivity contribution is 5.87. The maximum atomic E-state index is 11.9. The molecule has 2 aromatic rings. The first-order valence-corrected chi connectivity index (χ1v) is 11.8. The molecule has 3 rings (SSSR count). The zero-order valence-electron chi connectivity index (χ0n) is 22.0. The highest BCUT2D eigenvalue weighted by atomic mass is 19.4. The fourth-order valence-corrected chi connectivity index (χ4v) is 3.31. The van der Waals surface area contributed by atoms with Crippen LogP contribution in [0.25, 0.3) is 5.65 Å². The quantitative estimate of drug-likeness (QED) is 0.581. The highest BCUT2D eigenvalue weighted by Gasteiger charge is 2.41. The van der Waals surface area contributed by atoms with Gasteiger partial charge in [-0.2, -0.15) is 18.4 Å². The number of amides is 3. The van der Waals surface area contributed by atoms with E-state index in [0.29, 0.717) is 25.2 Å². The van der Waals surface area contributed by atoms with E-state index in [1.165, 1.54) is 4.90 Å². The molecule has 0 spiro atoms. The first-order chi connectivity index (χ1) is 17.1. The van der Waals surface area contributed by atoms with Crippen molar-refractivity contribution in [1.82, 2.24) is 24.9 Å². The lowest BCUT2D eigenvalue weighted by Crippen LogP contribution is -2.44. The molecule has 0 aliphatic carbocycles. The second kappa shape index (κ2) is 13.6. The number of fused-ring (bicyclic) bond motifs is 1. The minimum atomic E-state index is -4.95. The van der Waals surface area contributed by atoms with Gasteiger partial charge in [-0.3, -0.25) is 14.4 Å². The Morgan fingerprint density at radius 1 is 1.30 bits per heavy atom. The molecule has 9 nitrogen and oxygen atoms in total. The van der Waals surface area contributed by atoms with Gasteiger partial charge in [0.05, 0.1) is 18.3 Å². The first-order valence-electron chi connectivity index (χ1n) is 11.8. The molecular formula is C25H35F3N6O3. The van der Waals surface area contributed by atoms with Crippen molar-refractivity contribution in [3.63, 3.8) is 0 Å². The van der Waals surface area contributed by atoms with E-state index in [4.69, 9.17) is 5.26 Å². The van der Waals surface area contributed by atoms with E-state index in [2.05, 4.69) is 31.1 Å². The molecule has 3 amide bonds. The number of carbonyl (C=O) groups is 3. The van der Waals surface area contributed by atoms with Gasteiger partial charge in [0.15, 0.2) is 6.04 Å². The number of alkyl halides is 3. The number of halogens is 3. The second-order valence-corrected chi connectivity index (χ2v) is 10.0. The summed E-state index contributed by atoms with van der Waals surface area (Å²) in [7, 11) is 0. The van der Waals surface area contributed by atoms with Gasteiger partial charge in [-0.25, -0.2) is 4.98 Å². The van der Waals surface area contributed by atoms with Crippen LogP contribution in [0, 0.1) is 28.6 Å². The number of nitrogens with one attached hydrogen (secondary N) is 2. The smallest absolute Gasteiger partial charge is 0.340 e. The number of hydrogen-bond acceptors (Lipinski definition) is 5. The van der Waals surface area contributed by atoms with Gasteiger partial charge in [0.2, 0.25) is 12.3 Å². The van der Waals surface area contributed by atoms with Gasteiger partial charge in [0.25, 0.3) is 0 Å². The van der Waals surface area contributed by atoms with E-state index < -0.39 is 30.6 Å². The summed E-state index contributed by atoms with van der Waals surface area (Å²) in [6.07, 6.45) is -1.03. The Bertz CT molecular complexity index is 1090. The number of hydrogen-bond donors (Lipinski definition) is 2. The van der Waals surface area contributed by atoms with E-state index in [0.717, 1.165) is 11.6 Å². The molecule has 1 aliphatic rings. The van der Waals surface area contributed by atoms with Crippen molar-refractivity contribution in [1.29, 1.82) is 5.26 Å². The second-order valence-electron chi connectivity index (χ2n) is 10.0. The zero-order chi connectivity index (χ0) is 28.4. The number of imidazole rings is 1. The Hall–Kier alpha value is -3.62. The number of nitrogens with zero attached hydrogens (tertiary/aromatic N) is 4. The Kier molecular flexibility index (Phi) is 11.6. The Morgan fingerprint density at radius 2 is 1.92 bits per heavy atom. The molecule has 37 heavy (non-hydrogen) atoms. The molecule has 0 bridgehead atoms. The lowest BCUT2D eigenvalue weighted by atomic mass is 9.84. The highest BCUT2D eigenvalue weighted by Crippen LogP contribution is 2.34. The van der Waals surface area contributed by atoms with Crippen LogP contribution < -0.4 is 10.6 Å². The van der Waals surface area contributed by atoms with Gasteiger partial charge in [0.1, 0.15) is 5.65 Å². The summed E-state index contributed by atoms with van der Waals surface area (Å²) >= 11 is 0. The molecule has 204 valence electrons. The summed E-state index contributed by atoms with van der Waals surface area (Å²) in [5.41, 5.74) is 1.39. The van der Waals surface area contributed by atoms with Crippen LogP contribution in [-0.2, 0) is 14.4 Å². The summed E-state index contributed by atoms with van der Waals surface area (Å²) in [5.74, 6) is -1.45. The topological polar surface area (TPSA) is 120 Å². The van der Waals surface area contributed by atoms with Gasteiger partial charge in [-0.1, -0.05) is 47.6 Å². The van der Waals surface area contributed by atoms with Crippen LogP contribution in [-0.4, -0.2) is 58.3 Å². The average Bonchev–Trinajstić information content (AvgIpc) is 3.38. The number of carbonyl (C=O) groups excluding carboxylic acids is 3. The molecule has 1 fully saturated rings. The predicted molar refractivity (Wildman–Crippen MR) is 132 cm³/mol. The van der Waals surface area contributed by atoms with Gasteiger partial charge < -0.3 is 19.9 Å². The molecule has 0 radical (unpaired) electrons. The van der Waals surface area contributed by atoms with Crippen LogP contribution in [0.1, 0.15) is 53.3 Å². The van der Waals surface area contributed by atoms with Crippen molar-refractivity contribution in [2.24, 2.45) is 17.3 Å². The lowest BCUT2D eigenvalue weighted by Gasteiger charge is -2.22. The predicted octanol–water partition coefficient (Wildman–Crippen LogP) is 3.48. The molecule has 3 heterocycles. The number of pyridine rings is 1. The van der Waals surface area contributed by atoms with Crippen molar-refractivity contribution in [3.8, 4) is 6.07 Å². The van der Waals surface area contributed by atoms with Crippen molar-refractivity contribution in [3.05, 3.63) is 36.3 Å². The van der Waals surface area contributed by atoms with E-state index in [1.54, 1.807) is 34.2 Å². The third-order valence-electron chi connectivity index (χ3n) is 5.56. The number of likely N-dealkylation sites (tertiary alicyclic amines) is 1.